The fraction of sp³-hybridized carbons (Fsp3) is 0. The molecule has 0 spiro atoms. The van der Waals surface area contributed by atoms with Crippen LogP contribution in [0.15, 0.2) is 36.4 Å². The number of rotatable bonds is 0. The second-order valence-corrected chi connectivity index (χ2v) is 1.26. The third-order valence-corrected chi connectivity index (χ3v) is 0.667. The Bertz CT molecular complexity index is 120. The van der Waals surface area contributed by atoms with E-state index in [4.69, 9.17) is 18.2 Å². The Kier molecular flexibility index (Phi) is 20.2. The van der Waals surface area contributed by atoms with E-state index in [1.807, 2.05) is 36.4 Å². The molecule has 0 aliphatic heterocycles. The Morgan fingerprint density at radius 3 is 1.18 bits per heavy atom. The van der Waals surface area contributed by atoms with Crippen molar-refractivity contribution in [3.63, 3.8) is 0 Å². The van der Waals surface area contributed by atoms with Gasteiger partial charge >= 0.3 is 33.1 Å². The van der Waals surface area contributed by atoms with E-state index in [1.165, 1.54) is 0 Å². The van der Waals surface area contributed by atoms with Gasteiger partial charge in [-0.3, -0.25) is 4.79 Å². The smallest absolute Gasteiger partial charge is 0.0623 e. The number of carboxylic acid groups (broad SMARTS) is 1. The minimum atomic E-state index is -0.250. The third kappa shape index (κ3) is 17.8. The number of carbonyl (C=O) groups is 1. The van der Waals surface area contributed by atoms with Crippen LogP contribution in [0.2, 0.25) is 0 Å². The zero-order valence-corrected chi connectivity index (χ0v) is 12.2. The van der Waals surface area contributed by atoms with Crippen molar-refractivity contribution in [2.24, 2.45) is 0 Å². The Labute approximate surface area is 85.6 Å². The van der Waals surface area contributed by atoms with Gasteiger partial charge in [0, 0.05) is 0 Å². The van der Waals surface area contributed by atoms with Gasteiger partial charge in [-0.05, 0) is 0 Å². The largest absolute Gasteiger partial charge is 0.0623 e. The van der Waals surface area contributed by atoms with Crippen LogP contribution in [-0.4, -0.2) is 11.6 Å². The maximum absolute atomic E-state index is 8.36. The summed E-state index contributed by atoms with van der Waals surface area (Å²) in [7, 11) is 4.83. The first-order valence-corrected chi connectivity index (χ1v) is 9.53. The standard InChI is InChI=1S/C6H6.CH2O2.ClH.Hg/c1-2-4-6-5-3-1;2-1-3;;/h1-6H;1H,(H,2,3);1H;/q;;;+1/p-1. The van der Waals surface area contributed by atoms with Crippen molar-refractivity contribution in [2.75, 3.05) is 0 Å². The Balaban J connectivity index is 0. The van der Waals surface area contributed by atoms with Gasteiger partial charge < -0.3 is 5.11 Å². The topological polar surface area (TPSA) is 37.3 Å². The van der Waals surface area contributed by atoms with Gasteiger partial charge in [0.2, 0.25) is 0 Å². The predicted octanol–water partition coefficient (Wildman–Crippen LogP) is 2.07. The van der Waals surface area contributed by atoms with Gasteiger partial charge in [-0.1, -0.05) is 36.4 Å². The molecule has 0 amide bonds. The van der Waals surface area contributed by atoms with E-state index in [0.717, 1.165) is 0 Å². The minimum absolute atomic E-state index is 0.250. The maximum atomic E-state index is 8.36. The first kappa shape index (κ1) is 13.5. The molecule has 0 saturated heterocycles. The van der Waals surface area contributed by atoms with Crippen molar-refractivity contribution in [1.29, 1.82) is 0 Å². The fourth-order valence-corrected chi connectivity index (χ4v) is 0.385. The van der Waals surface area contributed by atoms with Crippen molar-refractivity contribution in [2.45, 2.75) is 0 Å². The van der Waals surface area contributed by atoms with Gasteiger partial charge in [0.1, 0.15) is 0 Å². The van der Waals surface area contributed by atoms with E-state index in [-0.39, 0.29) is 6.47 Å². The summed E-state index contributed by atoms with van der Waals surface area (Å²) in [5.74, 6) is 0. The van der Waals surface area contributed by atoms with Crippen LogP contribution < -0.4 is 0 Å². The van der Waals surface area contributed by atoms with Crippen LogP contribution in [0, 0.1) is 0 Å². The SMILES string of the molecule is O=CO.[Cl][Hg].c1ccccc1. The van der Waals surface area contributed by atoms with Crippen molar-refractivity contribution < 1.29 is 34.8 Å². The van der Waals surface area contributed by atoms with Gasteiger partial charge in [-0.25, -0.2) is 0 Å². The molecule has 0 bridgehead atoms. The normalized spacial score (nSPS) is 6.09. The molecule has 0 atom stereocenters. The molecule has 0 aromatic heterocycles. The second kappa shape index (κ2) is 16.5. The quantitative estimate of drug-likeness (QED) is 0.568. The molecule has 1 aromatic rings. The van der Waals surface area contributed by atoms with Crippen LogP contribution in [0.5, 0.6) is 0 Å². The van der Waals surface area contributed by atoms with Gasteiger partial charge in [0.15, 0.2) is 0 Å². The van der Waals surface area contributed by atoms with E-state index >= 15 is 0 Å². The molecule has 0 saturated carbocycles. The Morgan fingerprint density at radius 2 is 1.09 bits per heavy atom. The molecule has 57 valence electrons. The molecule has 1 aromatic carbocycles. The van der Waals surface area contributed by atoms with Crippen LogP contribution in [0.4, 0.5) is 0 Å². The average Bonchev–Trinajstić information content (AvgIpc) is 2.12. The summed E-state index contributed by atoms with van der Waals surface area (Å²) in [4.78, 5) is 8.36. The second-order valence-electron chi connectivity index (χ2n) is 1.26. The van der Waals surface area contributed by atoms with E-state index in [0.29, 0.717) is 24.9 Å². The molecule has 4 heteroatoms. The number of halogens is 1. The van der Waals surface area contributed by atoms with E-state index < -0.39 is 0 Å². The molecule has 0 radical (unpaired) electrons. The van der Waals surface area contributed by atoms with Gasteiger partial charge in [0.05, 0.1) is 0 Å². The van der Waals surface area contributed by atoms with Crippen molar-refractivity contribution in [3.8, 4) is 0 Å². The van der Waals surface area contributed by atoms with Gasteiger partial charge in [-0.2, -0.15) is 0 Å². The summed E-state index contributed by atoms with van der Waals surface area (Å²) < 4.78 is 0. The summed E-state index contributed by atoms with van der Waals surface area (Å²) in [5, 5.41) is 6.89. The number of hydrogen-bond acceptors (Lipinski definition) is 1. The van der Waals surface area contributed by atoms with Gasteiger partial charge in [0.25, 0.3) is 6.47 Å². The molecule has 11 heavy (non-hydrogen) atoms. The van der Waals surface area contributed by atoms with Crippen LogP contribution in [0.3, 0.4) is 0 Å². The molecule has 0 heterocycles. The predicted molar refractivity (Wildman–Crippen MR) is 41.0 cm³/mol. The fourth-order valence-electron chi connectivity index (χ4n) is 0.385. The van der Waals surface area contributed by atoms with Gasteiger partial charge in [-0.15, -0.1) is 0 Å². The van der Waals surface area contributed by atoms with E-state index in [9.17, 15) is 0 Å². The number of hydrogen-bond donors (Lipinski definition) is 1. The molecule has 1 rings (SSSR count). The third-order valence-electron chi connectivity index (χ3n) is 0.667. The molecule has 0 fully saturated rings. The molecular weight excluding hydrogens is 352 g/mol. The number of benzene rings is 1. The molecule has 2 nitrogen and oxygen atoms in total. The average molecular weight is 360 g/mol. The monoisotopic (exact) mass is 361 g/mol. The molecule has 1 N–H and O–H groups in total. The molecular formula is C7H8ClHgO2. The van der Waals surface area contributed by atoms with E-state index in [1.54, 1.807) is 0 Å². The van der Waals surface area contributed by atoms with Crippen molar-refractivity contribution in [1.82, 2.24) is 0 Å². The van der Waals surface area contributed by atoms with Crippen LogP contribution in [0.25, 0.3) is 0 Å². The summed E-state index contributed by atoms with van der Waals surface area (Å²) >= 11 is 0.500. The first-order chi connectivity index (χ1) is 5.41. The van der Waals surface area contributed by atoms with Crippen LogP contribution in [-0.2, 0) is 29.7 Å². The maximum Gasteiger partial charge on any atom is -0.0623 e. The molecule has 0 aliphatic carbocycles. The zero-order chi connectivity index (χ0) is 8.95. The molecule has 0 aliphatic rings. The van der Waals surface area contributed by atoms with E-state index in [2.05, 4.69) is 0 Å². The summed E-state index contributed by atoms with van der Waals surface area (Å²) in [6.45, 7) is -0.250. The minimum Gasteiger partial charge on any atom is -0.0623 e. The van der Waals surface area contributed by atoms with Crippen LogP contribution in [0.1, 0.15) is 0 Å². The zero-order valence-electron chi connectivity index (χ0n) is 5.98. The summed E-state index contributed by atoms with van der Waals surface area (Å²) in [5.41, 5.74) is 0. The first-order valence-electron chi connectivity index (χ1n) is 2.76. The van der Waals surface area contributed by atoms with Crippen molar-refractivity contribution in [3.05, 3.63) is 36.4 Å². The Morgan fingerprint density at radius 1 is 1.00 bits per heavy atom. The molecule has 0 unspecified atom stereocenters. The Hall–Kier alpha value is -0.0849. The summed E-state index contributed by atoms with van der Waals surface area (Å²) in [6, 6.07) is 12.0. The summed E-state index contributed by atoms with van der Waals surface area (Å²) in [6.07, 6.45) is 0. The van der Waals surface area contributed by atoms with Crippen molar-refractivity contribution >= 4 is 14.7 Å². The van der Waals surface area contributed by atoms with Crippen LogP contribution >= 0.6 is 8.25 Å².